The van der Waals surface area contributed by atoms with Gasteiger partial charge < -0.3 is 24.1 Å². The first-order chi connectivity index (χ1) is 20.4. The molecule has 0 aliphatic carbocycles. The number of halogens is 11. The molecular weight excluding hydrogens is 673 g/mol. The predicted molar refractivity (Wildman–Crippen MR) is 140 cm³/mol. The molecule has 1 saturated heterocycles. The van der Waals surface area contributed by atoms with Gasteiger partial charge in [0, 0.05) is 0 Å². The van der Waals surface area contributed by atoms with Crippen LogP contribution in [0.4, 0.5) is 48.3 Å². The van der Waals surface area contributed by atoms with E-state index in [0.717, 1.165) is 0 Å². The summed E-state index contributed by atoms with van der Waals surface area (Å²) in [5, 5.41) is 9.27. The Hall–Kier alpha value is -2.44. The summed E-state index contributed by atoms with van der Waals surface area (Å²) in [5.41, 5.74) is -13.9. The molecule has 47 heavy (non-hydrogen) atoms. The molecule has 0 aromatic heterocycles. The molecule has 1 aliphatic rings. The lowest BCUT2D eigenvalue weighted by molar-refractivity contribution is -0.410. The van der Waals surface area contributed by atoms with Crippen molar-refractivity contribution in [2.24, 2.45) is 16.7 Å². The van der Waals surface area contributed by atoms with Crippen molar-refractivity contribution in [3.63, 3.8) is 0 Å². The second-order valence-electron chi connectivity index (χ2n) is 13.3. The van der Waals surface area contributed by atoms with Crippen molar-refractivity contribution >= 4 is 17.9 Å². The van der Waals surface area contributed by atoms with Crippen LogP contribution in [0.5, 0.6) is 0 Å². The summed E-state index contributed by atoms with van der Waals surface area (Å²) >= 11 is 0. The lowest BCUT2D eigenvalue weighted by Crippen LogP contribution is -2.70. The third kappa shape index (κ3) is 8.24. The summed E-state index contributed by atoms with van der Waals surface area (Å²) < 4.78 is 164. The number of aliphatic hydroxyl groups is 1. The minimum atomic E-state index is -6.06. The molecular formula is C28H41F11O8. The minimum Gasteiger partial charge on any atom is -0.455 e. The smallest absolute Gasteiger partial charge is 0.455 e. The fraction of sp³-hybridized carbons (Fsp3) is 0.893. The average Bonchev–Trinajstić information content (AvgIpc) is 3.07. The van der Waals surface area contributed by atoms with Gasteiger partial charge in [-0.05, 0) is 61.3 Å². The van der Waals surface area contributed by atoms with Crippen molar-refractivity contribution in [1.29, 1.82) is 0 Å². The maximum absolute atomic E-state index is 14.9. The third-order valence-electron chi connectivity index (χ3n) is 7.95. The molecule has 1 heterocycles. The SMILES string of the molecule is CCC(C)(C)C(=O)OC(C)(C)C(O)(C(F)(F)F)C(F)(F)F.CCC(C)(C)C(=O)OC1(C)COC(OC(=O)C(C)C)(C(F)(F)F)C1(F)F. The van der Waals surface area contributed by atoms with Crippen molar-refractivity contribution in [3.8, 4) is 0 Å². The van der Waals surface area contributed by atoms with Crippen molar-refractivity contribution in [2.75, 3.05) is 6.61 Å². The van der Waals surface area contributed by atoms with Gasteiger partial charge in [0.05, 0.1) is 23.4 Å². The maximum atomic E-state index is 14.9. The van der Waals surface area contributed by atoms with Crippen LogP contribution in [0.2, 0.25) is 0 Å². The van der Waals surface area contributed by atoms with Gasteiger partial charge in [0.25, 0.3) is 5.60 Å². The summed E-state index contributed by atoms with van der Waals surface area (Å²) in [5.74, 6) is -14.4. The van der Waals surface area contributed by atoms with E-state index in [1.165, 1.54) is 48.5 Å². The van der Waals surface area contributed by atoms with E-state index in [0.29, 0.717) is 20.8 Å². The van der Waals surface area contributed by atoms with Gasteiger partial charge in [0.2, 0.25) is 5.60 Å². The summed E-state index contributed by atoms with van der Waals surface area (Å²) in [7, 11) is 0. The molecule has 0 bridgehead atoms. The maximum Gasteiger partial charge on any atom is 0.462 e. The Morgan fingerprint density at radius 1 is 0.766 bits per heavy atom. The van der Waals surface area contributed by atoms with Gasteiger partial charge in [-0.3, -0.25) is 14.4 Å². The molecule has 0 radical (unpaired) electrons. The van der Waals surface area contributed by atoms with E-state index in [2.05, 4.69) is 14.2 Å². The molecule has 278 valence electrons. The molecule has 0 amide bonds. The van der Waals surface area contributed by atoms with Crippen LogP contribution < -0.4 is 0 Å². The molecule has 0 aromatic carbocycles. The number of alkyl halides is 11. The topological polar surface area (TPSA) is 108 Å². The number of esters is 3. The van der Waals surface area contributed by atoms with Crippen LogP contribution in [0.3, 0.4) is 0 Å². The molecule has 0 spiro atoms. The predicted octanol–water partition coefficient (Wildman–Crippen LogP) is 7.45. The highest BCUT2D eigenvalue weighted by Crippen LogP contribution is 2.57. The van der Waals surface area contributed by atoms with E-state index in [1.54, 1.807) is 6.92 Å². The van der Waals surface area contributed by atoms with Gasteiger partial charge in [-0.15, -0.1) is 0 Å². The first kappa shape index (κ1) is 44.6. The highest BCUT2D eigenvalue weighted by molar-refractivity contribution is 5.77. The van der Waals surface area contributed by atoms with Crippen LogP contribution in [0.1, 0.15) is 89.0 Å². The molecule has 1 N–H and O–H groups in total. The van der Waals surface area contributed by atoms with Gasteiger partial charge >= 0.3 is 48.1 Å². The normalized spacial score (nSPS) is 22.7. The van der Waals surface area contributed by atoms with Gasteiger partial charge in [-0.25, -0.2) is 0 Å². The zero-order valence-electron chi connectivity index (χ0n) is 27.7. The lowest BCUT2D eigenvalue weighted by atomic mass is 9.83. The van der Waals surface area contributed by atoms with Crippen molar-refractivity contribution in [2.45, 2.75) is 136 Å². The van der Waals surface area contributed by atoms with Crippen LogP contribution in [0.15, 0.2) is 0 Å². The summed E-state index contributed by atoms with van der Waals surface area (Å²) in [6, 6.07) is 0. The van der Waals surface area contributed by atoms with Crippen molar-refractivity contribution < 1.29 is 86.7 Å². The van der Waals surface area contributed by atoms with Crippen LogP contribution in [0.25, 0.3) is 0 Å². The number of ether oxygens (including phenoxy) is 4. The number of hydrogen-bond donors (Lipinski definition) is 1. The summed E-state index contributed by atoms with van der Waals surface area (Å²) in [6.45, 7) is 11.0. The standard InChI is InChI=1S/C16H23F5O5.C12H18F6O3/c1-7-12(4,5)11(23)26-13(6)8-24-15(14(13,17)18,16(19,20)21)25-10(22)9(2)3;1-6-8(2,3)7(19)21-9(4,5)10(20,11(13,14)15)12(16,17)18/h9H,7-8H2,1-6H3;20H,6H2,1-5H3. The monoisotopic (exact) mass is 714 g/mol. The van der Waals surface area contributed by atoms with E-state index in [1.807, 2.05) is 0 Å². The molecule has 2 unspecified atom stereocenters. The lowest BCUT2D eigenvalue weighted by Gasteiger charge is -2.44. The Balaban J connectivity index is 0.000000923. The van der Waals surface area contributed by atoms with Gasteiger partial charge in [0.15, 0.2) is 5.60 Å². The van der Waals surface area contributed by atoms with E-state index < -0.39 is 88.3 Å². The number of rotatable bonds is 9. The fourth-order valence-electron chi connectivity index (χ4n) is 3.45. The van der Waals surface area contributed by atoms with Crippen LogP contribution in [-0.4, -0.2) is 76.7 Å². The van der Waals surface area contributed by atoms with Crippen LogP contribution >= 0.6 is 0 Å². The quantitative estimate of drug-likeness (QED) is 0.149. The molecule has 2 atom stereocenters. The Morgan fingerprint density at radius 3 is 1.47 bits per heavy atom. The molecule has 0 saturated carbocycles. The highest BCUT2D eigenvalue weighted by atomic mass is 19.4. The second-order valence-corrected chi connectivity index (χ2v) is 13.3. The average molecular weight is 715 g/mol. The Labute approximate surface area is 264 Å². The number of carbonyl (C=O) groups excluding carboxylic acids is 3. The van der Waals surface area contributed by atoms with Crippen LogP contribution in [0, 0.1) is 16.7 Å². The molecule has 8 nitrogen and oxygen atoms in total. The molecule has 0 aromatic rings. The Bertz CT molecular complexity index is 1130. The second kappa shape index (κ2) is 13.5. The minimum absolute atomic E-state index is 0.137. The van der Waals surface area contributed by atoms with Crippen molar-refractivity contribution in [1.82, 2.24) is 0 Å². The summed E-state index contributed by atoms with van der Waals surface area (Å²) in [4.78, 5) is 35.5. The van der Waals surface area contributed by atoms with E-state index >= 15 is 0 Å². The molecule has 1 fully saturated rings. The number of carbonyl (C=O) groups is 3. The van der Waals surface area contributed by atoms with Gasteiger partial charge in [-0.1, -0.05) is 27.7 Å². The molecule has 19 heteroatoms. The van der Waals surface area contributed by atoms with Crippen LogP contribution in [-0.2, 0) is 33.3 Å². The Morgan fingerprint density at radius 2 is 1.15 bits per heavy atom. The first-order valence-corrected chi connectivity index (χ1v) is 14.1. The van der Waals surface area contributed by atoms with E-state index in [4.69, 9.17) is 4.74 Å². The summed E-state index contributed by atoms with van der Waals surface area (Å²) in [6.07, 6.45) is -17.5. The number of hydrogen-bond acceptors (Lipinski definition) is 8. The Kier molecular flexibility index (Phi) is 12.8. The van der Waals surface area contributed by atoms with E-state index in [-0.39, 0.29) is 12.8 Å². The zero-order chi connectivity index (χ0) is 38.3. The van der Waals surface area contributed by atoms with Crippen molar-refractivity contribution in [3.05, 3.63) is 0 Å². The van der Waals surface area contributed by atoms with Gasteiger partial charge in [-0.2, -0.15) is 48.3 Å². The highest BCUT2D eigenvalue weighted by Gasteiger charge is 2.86. The molecule has 1 aliphatic heterocycles. The van der Waals surface area contributed by atoms with E-state index in [9.17, 15) is 67.8 Å². The largest absolute Gasteiger partial charge is 0.462 e. The van der Waals surface area contributed by atoms with Gasteiger partial charge in [0.1, 0.15) is 0 Å². The fourth-order valence-corrected chi connectivity index (χ4v) is 3.45. The molecule has 1 rings (SSSR count). The third-order valence-corrected chi connectivity index (χ3v) is 7.95. The first-order valence-electron chi connectivity index (χ1n) is 14.1. The zero-order valence-corrected chi connectivity index (χ0v) is 27.7.